The van der Waals surface area contributed by atoms with Crippen LogP contribution in [0.25, 0.3) is 0 Å². The molecule has 0 heterocycles. The summed E-state index contributed by atoms with van der Waals surface area (Å²) in [7, 11) is 0. The Bertz CT molecular complexity index is 845. The number of carboxylic acid groups (broad SMARTS) is 1. The van der Waals surface area contributed by atoms with Crippen LogP contribution in [0.4, 0.5) is 10.1 Å². The fourth-order valence-corrected chi connectivity index (χ4v) is 2.57. The lowest BCUT2D eigenvalue weighted by Crippen LogP contribution is -2.35. The molecule has 0 unspecified atom stereocenters. The summed E-state index contributed by atoms with van der Waals surface area (Å²) in [4.78, 5) is 23.2. The van der Waals surface area contributed by atoms with Gasteiger partial charge >= 0.3 is 5.97 Å². The molecule has 124 valence electrons. The number of aromatic carboxylic acids is 1. The van der Waals surface area contributed by atoms with Gasteiger partial charge in [-0.15, -0.1) is 0 Å². The molecule has 0 saturated heterocycles. The summed E-state index contributed by atoms with van der Waals surface area (Å²) in [5.41, 5.74) is -0.468. The van der Waals surface area contributed by atoms with E-state index in [2.05, 4.69) is 10.6 Å². The number of halogens is 3. The monoisotopic (exact) mass is 386 g/mol. The van der Waals surface area contributed by atoms with E-state index in [4.69, 9.17) is 35.4 Å². The molecule has 0 aliphatic rings. The van der Waals surface area contributed by atoms with Crippen molar-refractivity contribution in [2.75, 3.05) is 5.32 Å². The standard InChI is InChI=1S/C15H9Cl2FN2O3S/c16-7-5-9(14(22)23)12(10(17)6-7)19-15(24)20-13(21)8-3-1-2-4-11(8)18/h1-6H,(H,22,23)(H2,19,20,21,24). The van der Waals surface area contributed by atoms with Crippen molar-refractivity contribution in [1.82, 2.24) is 5.32 Å². The Kier molecular flexibility index (Phi) is 5.71. The topological polar surface area (TPSA) is 78.4 Å². The molecule has 0 aliphatic carbocycles. The van der Waals surface area contributed by atoms with Crippen LogP contribution in [0.5, 0.6) is 0 Å². The van der Waals surface area contributed by atoms with Crippen molar-refractivity contribution < 1.29 is 19.1 Å². The highest BCUT2D eigenvalue weighted by Gasteiger charge is 2.18. The van der Waals surface area contributed by atoms with Gasteiger partial charge in [0.1, 0.15) is 5.82 Å². The number of hydrogen-bond acceptors (Lipinski definition) is 3. The molecule has 0 bridgehead atoms. The third-order valence-electron chi connectivity index (χ3n) is 2.87. The molecule has 2 aromatic rings. The van der Waals surface area contributed by atoms with Crippen molar-refractivity contribution in [2.45, 2.75) is 0 Å². The average Bonchev–Trinajstić information content (AvgIpc) is 2.49. The van der Waals surface area contributed by atoms with E-state index in [1.807, 2.05) is 0 Å². The Morgan fingerprint density at radius 1 is 1.12 bits per heavy atom. The molecule has 1 amide bonds. The Morgan fingerprint density at radius 2 is 1.79 bits per heavy atom. The smallest absolute Gasteiger partial charge is 0.337 e. The highest BCUT2D eigenvalue weighted by molar-refractivity contribution is 7.80. The van der Waals surface area contributed by atoms with E-state index in [0.29, 0.717) is 0 Å². The van der Waals surface area contributed by atoms with Gasteiger partial charge in [-0.2, -0.15) is 0 Å². The zero-order chi connectivity index (χ0) is 17.9. The molecule has 0 radical (unpaired) electrons. The summed E-state index contributed by atoms with van der Waals surface area (Å²) in [6, 6.07) is 7.84. The third-order valence-corrected chi connectivity index (χ3v) is 3.59. The van der Waals surface area contributed by atoms with Gasteiger partial charge in [0.25, 0.3) is 5.91 Å². The fourth-order valence-electron chi connectivity index (χ4n) is 1.83. The second-order valence-electron chi connectivity index (χ2n) is 4.50. The average molecular weight is 387 g/mol. The summed E-state index contributed by atoms with van der Waals surface area (Å²) in [5, 5.41) is 13.8. The third kappa shape index (κ3) is 4.19. The second-order valence-corrected chi connectivity index (χ2v) is 5.76. The largest absolute Gasteiger partial charge is 0.478 e. The number of hydrogen-bond donors (Lipinski definition) is 3. The van der Waals surface area contributed by atoms with E-state index in [0.717, 1.165) is 6.07 Å². The van der Waals surface area contributed by atoms with Crippen molar-refractivity contribution in [1.29, 1.82) is 0 Å². The molecule has 2 aromatic carbocycles. The molecular weight excluding hydrogens is 378 g/mol. The number of amides is 1. The van der Waals surface area contributed by atoms with Gasteiger partial charge in [0, 0.05) is 5.02 Å². The van der Waals surface area contributed by atoms with Crippen LogP contribution in [0, 0.1) is 5.82 Å². The predicted molar refractivity (Wildman–Crippen MR) is 93.5 cm³/mol. The first kappa shape index (κ1) is 18.1. The van der Waals surface area contributed by atoms with Gasteiger partial charge in [0.05, 0.1) is 21.8 Å². The normalized spacial score (nSPS) is 10.1. The lowest BCUT2D eigenvalue weighted by atomic mass is 10.2. The highest BCUT2D eigenvalue weighted by Crippen LogP contribution is 2.30. The molecule has 0 aromatic heterocycles. The van der Waals surface area contributed by atoms with Gasteiger partial charge in [-0.05, 0) is 36.5 Å². The van der Waals surface area contributed by atoms with Gasteiger partial charge in [0.2, 0.25) is 0 Å². The Morgan fingerprint density at radius 3 is 2.42 bits per heavy atom. The molecule has 0 spiro atoms. The molecule has 0 saturated carbocycles. The van der Waals surface area contributed by atoms with E-state index in [1.165, 1.54) is 30.3 Å². The van der Waals surface area contributed by atoms with E-state index in [9.17, 15) is 19.1 Å². The highest BCUT2D eigenvalue weighted by atomic mass is 35.5. The molecule has 0 atom stereocenters. The lowest BCUT2D eigenvalue weighted by Gasteiger charge is -2.14. The van der Waals surface area contributed by atoms with E-state index >= 15 is 0 Å². The first-order valence-corrected chi connectivity index (χ1v) is 7.55. The number of nitrogens with one attached hydrogen (secondary N) is 2. The van der Waals surface area contributed by atoms with E-state index < -0.39 is 17.7 Å². The van der Waals surface area contributed by atoms with Crippen LogP contribution >= 0.6 is 35.4 Å². The second kappa shape index (κ2) is 7.57. The number of anilines is 1. The summed E-state index contributed by atoms with van der Waals surface area (Å²) < 4.78 is 13.6. The van der Waals surface area contributed by atoms with Crippen LogP contribution in [-0.2, 0) is 0 Å². The van der Waals surface area contributed by atoms with Crippen LogP contribution in [0.15, 0.2) is 36.4 Å². The van der Waals surface area contributed by atoms with Crippen molar-refractivity contribution in [2.24, 2.45) is 0 Å². The zero-order valence-electron chi connectivity index (χ0n) is 11.8. The number of benzene rings is 2. The number of carbonyl (C=O) groups excluding carboxylic acids is 1. The first-order chi connectivity index (χ1) is 11.3. The Labute approximate surface area is 151 Å². The molecule has 2 rings (SSSR count). The van der Waals surface area contributed by atoms with Gasteiger partial charge < -0.3 is 10.4 Å². The summed E-state index contributed by atoms with van der Waals surface area (Å²) in [6.45, 7) is 0. The minimum atomic E-state index is -1.29. The zero-order valence-corrected chi connectivity index (χ0v) is 14.1. The number of carbonyl (C=O) groups is 2. The molecule has 9 heteroatoms. The lowest BCUT2D eigenvalue weighted by molar-refractivity contribution is 0.0697. The van der Waals surface area contributed by atoms with Gasteiger partial charge in [-0.3, -0.25) is 10.1 Å². The van der Waals surface area contributed by atoms with Crippen molar-refractivity contribution in [3.8, 4) is 0 Å². The molecule has 3 N–H and O–H groups in total. The maximum Gasteiger partial charge on any atom is 0.337 e. The van der Waals surface area contributed by atoms with Crippen LogP contribution in [-0.4, -0.2) is 22.1 Å². The SMILES string of the molecule is O=C(NC(=S)Nc1c(Cl)cc(Cl)cc1C(=O)O)c1ccccc1F. The van der Waals surface area contributed by atoms with Crippen LogP contribution < -0.4 is 10.6 Å². The maximum absolute atomic E-state index is 13.6. The summed E-state index contributed by atoms with van der Waals surface area (Å²) >= 11 is 16.7. The van der Waals surface area contributed by atoms with Crippen LogP contribution in [0.3, 0.4) is 0 Å². The number of rotatable bonds is 3. The predicted octanol–water partition coefficient (Wildman–Crippen LogP) is 3.96. The van der Waals surface area contributed by atoms with Crippen LogP contribution in [0.1, 0.15) is 20.7 Å². The molecular formula is C15H9Cl2FN2O3S. The van der Waals surface area contributed by atoms with Crippen molar-refractivity contribution in [3.63, 3.8) is 0 Å². The Hall–Kier alpha value is -2.22. The summed E-state index contributed by atoms with van der Waals surface area (Å²) in [5.74, 6) is -2.79. The van der Waals surface area contributed by atoms with E-state index in [-0.39, 0.29) is 32.0 Å². The number of thiocarbonyl (C=S) groups is 1. The van der Waals surface area contributed by atoms with Crippen LogP contribution in [0.2, 0.25) is 10.0 Å². The molecule has 24 heavy (non-hydrogen) atoms. The van der Waals surface area contributed by atoms with Gasteiger partial charge in [-0.25, -0.2) is 9.18 Å². The minimum Gasteiger partial charge on any atom is -0.478 e. The van der Waals surface area contributed by atoms with E-state index in [1.54, 1.807) is 0 Å². The molecule has 0 fully saturated rings. The fraction of sp³-hybridized carbons (Fsp3) is 0. The first-order valence-electron chi connectivity index (χ1n) is 6.38. The maximum atomic E-state index is 13.6. The van der Waals surface area contributed by atoms with Gasteiger partial charge in [0.15, 0.2) is 5.11 Å². The van der Waals surface area contributed by atoms with Gasteiger partial charge in [-0.1, -0.05) is 35.3 Å². The van der Waals surface area contributed by atoms with Crippen molar-refractivity contribution in [3.05, 3.63) is 63.4 Å². The minimum absolute atomic E-state index is 0.00221. The number of carboxylic acids is 1. The van der Waals surface area contributed by atoms with Crippen molar-refractivity contribution >= 4 is 58.1 Å². The molecule has 5 nitrogen and oxygen atoms in total. The molecule has 0 aliphatic heterocycles. The summed E-state index contributed by atoms with van der Waals surface area (Å²) in [6.07, 6.45) is 0. The Balaban J connectivity index is 2.20. The quantitative estimate of drug-likeness (QED) is 0.695.